The van der Waals surface area contributed by atoms with Crippen LogP contribution in [0.5, 0.6) is 5.75 Å². The Balaban J connectivity index is 2.53. The highest BCUT2D eigenvalue weighted by atomic mass is 35.5. The Morgan fingerprint density at radius 3 is 2.26 bits per heavy atom. The van der Waals surface area contributed by atoms with E-state index in [0.29, 0.717) is 5.15 Å². The van der Waals surface area contributed by atoms with Gasteiger partial charge >= 0.3 is 0 Å². The highest BCUT2D eigenvalue weighted by molar-refractivity contribution is 6.30. The van der Waals surface area contributed by atoms with Crippen molar-refractivity contribution in [1.82, 2.24) is 9.97 Å². The molecule has 100 valence electrons. The second-order valence-electron chi connectivity index (χ2n) is 4.73. The molecule has 0 saturated carbocycles. The first-order chi connectivity index (χ1) is 9.02. The number of methoxy groups -OCH3 is 1. The third kappa shape index (κ3) is 2.87. The smallest absolute Gasteiger partial charge is 0.136 e. The normalized spacial score (nSPS) is 10.8. The van der Waals surface area contributed by atoms with Crippen LogP contribution in [0.4, 0.5) is 0 Å². The van der Waals surface area contributed by atoms with Gasteiger partial charge in [0.1, 0.15) is 16.7 Å². The average Bonchev–Trinajstić information content (AvgIpc) is 2.41. The molecular formula is C15H17ClN2O. The molecule has 19 heavy (non-hydrogen) atoms. The van der Waals surface area contributed by atoms with Gasteiger partial charge in [-0.15, -0.1) is 0 Å². The van der Waals surface area contributed by atoms with E-state index in [1.807, 2.05) is 31.2 Å². The Kier molecular flexibility index (Phi) is 4.05. The largest absolute Gasteiger partial charge is 0.497 e. The van der Waals surface area contributed by atoms with E-state index >= 15 is 0 Å². The summed E-state index contributed by atoms with van der Waals surface area (Å²) >= 11 is 6.20. The number of aromatic nitrogens is 2. The van der Waals surface area contributed by atoms with Gasteiger partial charge in [-0.2, -0.15) is 0 Å². The fourth-order valence-electron chi connectivity index (χ4n) is 1.79. The van der Waals surface area contributed by atoms with Gasteiger partial charge in [-0.05, 0) is 31.2 Å². The fourth-order valence-corrected chi connectivity index (χ4v) is 1.97. The molecule has 0 atom stereocenters. The van der Waals surface area contributed by atoms with Crippen molar-refractivity contribution in [2.24, 2.45) is 0 Å². The first-order valence-electron chi connectivity index (χ1n) is 6.21. The predicted octanol–water partition coefficient (Wildman–Crippen LogP) is 4.24. The molecule has 0 N–H and O–H groups in total. The van der Waals surface area contributed by atoms with E-state index in [9.17, 15) is 0 Å². The van der Waals surface area contributed by atoms with Crippen LogP contribution in [0, 0.1) is 6.92 Å². The van der Waals surface area contributed by atoms with Crippen molar-refractivity contribution in [3.63, 3.8) is 0 Å². The van der Waals surface area contributed by atoms with E-state index < -0.39 is 0 Å². The van der Waals surface area contributed by atoms with Gasteiger partial charge in [-0.25, -0.2) is 9.97 Å². The molecule has 0 aliphatic rings. The third-order valence-corrected chi connectivity index (χ3v) is 3.35. The molecule has 2 rings (SSSR count). The van der Waals surface area contributed by atoms with Crippen molar-refractivity contribution < 1.29 is 4.74 Å². The highest BCUT2D eigenvalue weighted by Gasteiger charge is 2.13. The second kappa shape index (κ2) is 5.57. The summed E-state index contributed by atoms with van der Waals surface area (Å²) in [5.74, 6) is 1.84. The maximum Gasteiger partial charge on any atom is 0.136 e. The summed E-state index contributed by atoms with van der Waals surface area (Å²) in [5.41, 5.74) is 2.80. The van der Waals surface area contributed by atoms with Crippen LogP contribution >= 0.6 is 11.6 Å². The lowest BCUT2D eigenvalue weighted by atomic mass is 10.1. The standard InChI is InChI=1S/C15H17ClN2O/c1-9(2)15-17-13(10(3)14(16)18-15)11-5-7-12(19-4)8-6-11/h5-9H,1-4H3. The van der Waals surface area contributed by atoms with Gasteiger partial charge in [0.15, 0.2) is 0 Å². The van der Waals surface area contributed by atoms with Crippen molar-refractivity contribution in [2.75, 3.05) is 7.11 Å². The van der Waals surface area contributed by atoms with Gasteiger partial charge in [0, 0.05) is 17.0 Å². The molecule has 0 unspecified atom stereocenters. The predicted molar refractivity (Wildman–Crippen MR) is 77.9 cm³/mol. The molecule has 0 radical (unpaired) electrons. The molecule has 1 aromatic carbocycles. The van der Waals surface area contributed by atoms with Crippen LogP contribution in [0.3, 0.4) is 0 Å². The fraction of sp³-hybridized carbons (Fsp3) is 0.333. The zero-order valence-electron chi connectivity index (χ0n) is 11.6. The van der Waals surface area contributed by atoms with Crippen molar-refractivity contribution in [3.8, 4) is 17.0 Å². The molecule has 0 fully saturated rings. The Morgan fingerprint density at radius 1 is 1.11 bits per heavy atom. The molecule has 2 aromatic rings. The maximum absolute atomic E-state index is 6.20. The van der Waals surface area contributed by atoms with Gasteiger partial charge in [0.2, 0.25) is 0 Å². The third-order valence-electron chi connectivity index (χ3n) is 2.98. The van der Waals surface area contributed by atoms with E-state index in [1.165, 1.54) is 0 Å². The minimum absolute atomic E-state index is 0.245. The molecule has 0 spiro atoms. The van der Waals surface area contributed by atoms with Crippen molar-refractivity contribution in [1.29, 1.82) is 0 Å². The Labute approximate surface area is 118 Å². The van der Waals surface area contributed by atoms with Gasteiger partial charge in [0.25, 0.3) is 0 Å². The van der Waals surface area contributed by atoms with Gasteiger partial charge in [-0.3, -0.25) is 0 Å². The molecule has 3 nitrogen and oxygen atoms in total. The summed E-state index contributed by atoms with van der Waals surface area (Å²) in [5, 5.41) is 0.518. The summed E-state index contributed by atoms with van der Waals surface area (Å²) in [7, 11) is 1.65. The molecule has 0 saturated heterocycles. The number of benzene rings is 1. The summed E-state index contributed by atoms with van der Waals surface area (Å²) in [6, 6.07) is 7.79. The first-order valence-corrected chi connectivity index (χ1v) is 6.59. The number of rotatable bonds is 3. The summed E-state index contributed by atoms with van der Waals surface area (Å²) in [6.07, 6.45) is 0. The topological polar surface area (TPSA) is 35.0 Å². The lowest BCUT2D eigenvalue weighted by molar-refractivity contribution is 0.415. The van der Waals surface area contributed by atoms with Crippen molar-refractivity contribution >= 4 is 11.6 Å². The SMILES string of the molecule is COc1ccc(-c2nc(C(C)C)nc(Cl)c2C)cc1. The van der Waals surface area contributed by atoms with Crippen LogP contribution in [0.1, 0.15) is 31.2 Å². The second-order valence-corrected chi connectivity index (χ2v) is 5.09. The van der Waals surface area contributed by atoms with Crippen LogP contribution < -0.4 is 4.74 Å². The molecule has 1 heterocycles. The number of hydrogen-bond donors (Lipinski definition) is 0. The van der Waals surface area contributed by atoms with E-state index in [4.69, 9.17) is 16.3 Å². The lowest BCUT2D eigenvalue weighted by Crippen LogP contribution is -2.02. The zero-order valence-corrected chi connectivity index (χ0v) is 12.3. The number of halogens is 1. The number of ether oxygens (including phenoxy) is 1. The molecule has 4 heteroatoms. The van der Waals surface area contributed by atoms with Crippen LogP contribution in [0.2, 0.25) is 5.15 Å². The molecular weight excluding hydrogens is 260 g/mol. The molecule has 0 bridgehead atoms. The lowest BCUT2D eigenvalue weighted by Gasteiger charge is -2.11. The Hall–Kier alpha value is -1.61. The molecule has 0 aliphatic heterocycles. The molecule has 0 aliphatic carbocycles. The maximum atomic E-state index is 6.20. The monoisotopic (exact) mass is 276 g/mol. The van der Waals surface area contributed by atoms with Crippen molar-refractivity contribution in [2.45, 2.75) is 26.7 Å². The van der Waals surface area contributed by atoms with Crippen LogP contribution in [-0.2, 0) is 0 Å². The van der Waals surface area contributed by atoms with Crippen LogP contribution in [0.15, 0.2) is 24.3 Å². The summed E-state index contributed by atoms with van der Waals surface area (Å²) < 4.78 is 5.16. The minimum Gasteiger partial charge on any atom is -0.497 e. The van der Waals surface area contributed by atoms with Gasteiger partial charge in [0.05, 0.1) is 12.8 Å². The number of nitrogens with zero attached hydrogens (tertiary/aromatic N) is 2. The molecule has 1 aromatic heterocycles. The highest BCUT2D eigenvalue weighted by Crippen LogP contribution is 2.28. The van der Waals surface area contributed by atoms with E-state index in [2.05, 4.69) is 23.8 Å². The Morgan fingerprint density at radius 2 is 1.74 bits per heavy atom. The zero-order chi connectivity index (χ0) is 14.0. The first kappa shape index (κ1) is 13.8. The quantitative estimate of drug-likeness (QED) is 0.787. The van der Waals surface area contributed by atoms with Gasteiger partial charge < -0.3 is 4.74 Å². The summed E-state index contributed by atoms with van der Waals surface area (Å²) in [4.78, 5) is 8.94. The van der Waals surface area contributed by atoms with Crippen molar-refractivity contribution in [3.05, 3.63) is 40.8 Å². The van der Waals surface area contributed by atoms with Crippen LogP contribution in [0.25, 0.3) is 11.3 Å². The minimum atomic E-state index is 0.245. The summed E-state index contributed by atoms with van der Waals surface area (Å²) in [6.45, 7) is 6.05. The molecule has 0 amide bonds. The van der Waals surface area contributed by atoms with E-state index in [-0.39, 0.29) is 5.92 Å². The number of hydrogen-bond acceptors (Lipinski definition) is 3. The van der Waals surface area contributed by atoms with E-state index in [1.54, 1.807) is 7.11 Å². The average molecular weight is 277 g/mol. The Bertz CT molecular complexity index is 579. The van der Waals surface area contributed by atoms with Crippen LogP contribution in [-0.4, -0.2) is 17.1 Å². The van der Waals surface area contributed by atoms with Gasteiger partial charge in [-0.1, -0.05) is 25.4 Å². The van der Waals surface area contributed by atoms with E-state index in [0.717, 1.165) is 28.4 Å².